The van der Waals surface area contributed by atoms with Gasteiger partial charge in [-0.05, 0) is 67.1 Å². The molecule has 2 aromatic carbocycles. The zero-order valence-corrected chi connectivity index (χ0v) is 16.7. The Bertz CT molecular complexity index is 990. The van der Waals surface area contributed by atoms with E-state index in [0.717, 1.165) is 48.4 Å². The van der Waals surface area contributed by atoms with Crippen LogP contribution in [0.2, 0.25) is 0 Å². The van der Waals surface area contributed by atoms with Crippen molar-refractivity contribution in [3.63, 3.8) is 0 Å². The lowest BCUT2D eigenvalue weighted by atomic mass is 9.83. The van der Waals surface area contributed by atoms with E-state index in [1.165, 1.54) is 11.1 Å². The van der Waals surface area contributed by atoms with E-state index in [4.69, 9.17) is 0 Å². The van der Waals surface area contributed by atoms with Crippen molar-refractivity contribution in [3.05, 3.63) is 94.8 Å². The lowest BCUT2D eigenvalue weighted by Crippen LogP contribution is -2.37. The summed E-state index contributed by atoms with van der Waals surface area (Å²) in [7, 11) is 0. The first-order chi connectivity index (χ1) is 14.2. The van der Waals surface area contributed by atoms with Crippen molar-refractivity contribution in [2.45, 2.75) is 25.8 Å². The molecule has 4 nitrogen and oxygen atoms in total. The van der Waals surface area contributed by atoms with Gasteiger partial charge in [0.05, 0.1) is 11.6 Å². The van der Waals surface area contributed by atoms with Crippen LogP contribution in [0.25, 0.3) is 0 Å². The zero-order chi connectivity index (χ0) is 20.1. The van der Waals surface area contributed by atoms with Gasteiger partial charge in [-0.25, -0.2) is 0 Å². The highest BCUT2D eigenvalue weighted by molar-refractivity contribution is 5.60. The maximum Gasteiger partial charge on any atom is 0.0995 e. The molecule has 0 saturated carbocycles. The summed E-state index contributed by atoms with van der Waals surface area (Å²) < 4.78 is 0. The molecule has 146 valence electrons. The molecular weight excluding hydrogens is 356 g/mol. The number of fused-ring (bicyclic) bond motifs is 1. The van der Waals surface area contributed by atoms with E-state index in [1.54, 1.807) is 0 Å². The second-order valence-corrected chi connectivity index (χ2v) is 7.69. The quantitative estimate of drug-likeness (QED) is 0.662. The van der Waals surface area contributed by atoms with E-state index < -0.39 is 0 Å². The molecule has 4 rings (SSSR count). The van der Waals surface area contributed by atoms with Crippen molar-refractivity contribution in [2.75, 3.05) is 18.4 Å². The Hall–Kier alpha value is -3.16. The summed E-state index contributed by atoms with van der Waals surface area (Å²) in [4.78, 5) is 4.40. The maximum absolute atomic E-state index is 9.52. The van der Waals surface area contributed by atoms with Gasteiger partial charge in [-0.15, -0.1) is 0 Å². The average molecular weight is 383 g/mol. The van der Waals surface area contributed by atoms with Crippen LogP contribution < -0.4 is 10.6 Å². The minimum Gasteiger partial charge on any atom is -0.384 e. The molecular formula is C25H26N4. The van der Waals surface area contributed by atoms with Crippen LogP contribution in [0, 0.1) is 24.2 Å². The van der Waals surface area contributed by atoms with Crippen LogP contribution >= 0.6 is 0 Å². The third-order valence-corrected chi connectivity index (χ3v) is 5.70. The molecule has 0 aliphatic carbocycles. The number of pyridine rings is 1. The van der Waals surface area contributed by atoms with Gasteiger partial charge in [0.15, 0.2) is 0 Å². The minimum atomic E-state index is 0.224. The predicted molar refractivity (Wildman–Crippen MR) is 117 cm³/mol. The molecule has 2 heterocycles. The molecule has 0 spiro atoms. The topological polar surface area (TPSA) is 60.7 Å². The van der Waals surface area contributed by atoms with Gasteiger partial charge in [0.25, 0.3) is 0 Å². The first-order valence-electron chi connectivity index (χ1n) is 10.2. The summed E-state index contributed by atoms with van der Waals surface area (Å²) in [5.74, 6) is 0.371. The van der Waals surface area contributed by atoms with Gasteiger partial charge in [0.1, 0.15) is 0 Å². The fourth-order valence-electron chi connectivity index (χ4n) is 4.12. The largest absolute Gasteiger partial charge is 0.384 e. The second kappa shape index (κ2) is 8.89. The lowest BCUT2D eigenvalue weighted by Gasteiger charge is -2.34. The lowest BCUT2D eigenvalue weighted by molar-refractivity contribution is 0.368. The Balaban J connectivity index is 1.52. The Kier molecular flexibility index (Phi) is 5.88. The van der Waals surface area contributed by atoms with E-state index in [0.29, 0.717) is 5.92 Å². The summed E-state index contributed by atoms with van der Waals surface area (Å²) in [5.41, 5.74) is 6.59. The summed E-state index contributed by atoms with van der Waals surface area (Å²) in [5, 5.41) is 16.9. The van der Waals surface area contributed by atoms with Crippen molar-refractivity contribution in [3.8, 4) is 6.07 Å². The van der Waals surface area contributed by atoms with Gasteiger partial charge in [-0.1, -0.05) is 42.5 Å². The molecule has 1 aliphatic heterocycles. The zero-order valence-electron chi connectivity index (χ0n) is 16.7. The highest BCUT2D eigenvalue weighted by atomic mass is 15.0. The maximum atomic E-state index is 9.52. The molecule has 2 atom stereocenters. The van der Waals surface area contributed by atoms with Crippen molar-refractivity contribution >= 4 is 5.69 Å². The van der Waals surface area contributed by atoms with E-state index in [1.807, 2.05) is 25.3 Å². The molecule has 1 aliphatic rings. The third-order valence-electron chi connectivity index (χ3n) is 5.70. The fraction of sp³-hybridized carbons (Fsp3) is 0.280. The summed E-state index contributed by atoms with van der Waals surface area (Å²) >= 11 is 0. The number of rotatable bonds is 6. The smallest absolute Gasteiger partial charge is 0.0995 e. The van der Waals surface area contributed by atoms with E-state index >= 15 is 0 Å². The first kappa shape index (κ1) is 19.2. The Morgan fingerprint density at radius 2 is 2.00 bits per heavy atom. The van der Waals surface area contributed by atoms with Crippen LogP contribution in [0.15, 0.2) is 66.9 Å². The molecule has 0 radical (unpaired) electrons. The van der Waals surface area contributed by atoms with E-state index in [-0.39, 0.29) is 6.04 Å². The molecule has 3 aromatic rings. The second-order valence-electron chi connectivity index (χ2n) is 7.69. The highest BCUT2D eigenvalue weighted by Gasteiger charge is 2.28. The number of nitrogens with one attached hydrogen (secondary N) is 2. The standard InChI is InChI=1S/C25H26N4/c1-18-10-11-19(16-28-18)12-13-27-25(20-6-3-2-4-7-20)22-14-23-21(15-26)8-5-9-24(23)29-17-22/h2-11,16,22,25,27,29H,12-14,17H2,1H3/t22-,25-/m1/s1. The Labute approximate surface area is 172 Å². The molecule has 2 N–H and O–H groups in total. The third kappa shape index (κ3) is 4.47. The number of nitriles is 1. The monoisotopic (exact) mass is 382 g/mol. The van der Waals surface area contributed by atoms with Gasteiger partial charge in [0, 0.05) is 30.2 Å². The number of hydrogen-bond donors (Lipinski definition) is 2. The fourth-order valence-corrected chi connectivity index (χ4v) is 4.12. The number of anilines is 1. The molecule has 0 saturated heterocycles. The van der Waals surface area contributed by atoms with Crippen LogP contribution in [-0.2, 0) is 12.8 Å². The molecule has 0 bridgehead atoms. The first-order valence-corrected chi connectivity index (χ1v) is 10.2. The summed E-state index contributed by atoms with van der Waals surface area (Å²) in [6.07, 6.45) is 3.80. The molecule has 4 heteroatoms. The molecule has 0 fully saturated rings. The Morgan fingerprint density at radius 1 is 1.14 bits per heavy atom. The number of aryl methyl sites for hydroxylation is 1. The summed E-state index contributed by atoms with van der Waals surface area (Å²) in [6, 6.07) is 23.4. The van der Waals surface area contributed by atoms with Crippen LogP contribution in [0.1, 0.15) is 34.0 Å². The highest BCUT2D eigenvalue weighted by Crippen LogP contribution is 2.33. The van der Waals surface area contributed by atoms with Crippen molar-refractivity contribution < 1.29 is 0 Å². The SMILES string of the molecule is Cc1ccc(CCN[C@H](c2ccccc2)[C@H]2CNc3cccc(C#N)c3C2)cn1. The summed E-state index contributed by atoms with van der Waals surface area (Å²) in [6.45, 7) is 3.78. The van der Waals surface area contributed by atoms with Crippen LogP contribution in [0.4, 0.5) is 5.69 Å². The van der Waals surface area contributed by atoms with Gasteiger partial charge in [0.2, 0.25) is 0 Å². The van der Waals surface area contributed by atoms with E-state index in [9.17, 15) is 5.26 Å². The molecule has 0 unspecified atom stereocenters. The van der Waals surface area contributed by atoms with Crippen molar-refractivity contribution in [1.29, 1.82) is 5.26 Å². The number of aromatic nitrogens is 1. The van der Waals surface area contributed by atoms with Crippen molar-refractivity contribution in [1.82, 2.24) is 10.3 Å². The van der Waals surface area contributed by atoms with E-state index in [2.05, 4.69) is 70.2 Å². The van der Waals surface area contributed by atoms with Gasteiger partial charge < -0.3 is 10.6 Å². The molecule has 0 amide bonds. The molecule has 29 heavy (non-hydrogen) atoms. The molecule has 1 aromatic heterocycles. The normalized spacial score (nSPS) is 16.3. The van der Waals surface area contributed by atoms with Crippen LogP contribution in [-0.4, -0.2) is 18.1 Å². The minimum absolute atomic E-state index is 0.224. The van der Waals surface area contributed by atoms with Crippen LogP contribution in [0.3, 0.4) is 0 Å². The predicted octanol–water partition coefficient (Wildman–Crippen LogP) is 4.42. The Morgan fingerprint density at radius 3 is 2.76 bits per heavy atom. The van der Waals surface area contributed by atoms with Crippen molar-refractivity contribution in [2.24, 2.45) is 5.92 Å². The number of benzene rings is 2. The number of nitrogens with zero attached hydrogens (tertiary/aromatic N) is 2. The van der Waals surface area contributed by atoms with Gasteiger partial charge >= 0.3 is 0 Å². The number of hydrogen-bond acceptors (Lipinski definition) is 4. The van der Waals surface area contributed by atoms with Gasteiger partial charge in [-0.2, -0.15) is 5.26 Å². The van der Waals surface area contributed by atoms with Gasteiger partial charge in [-0.3, -0.25) is 4.98 Å². The van der Waals surface area contributed by atoms with Crippen LogP contribution in [0.5, 0.6) is 0 Å². The average Bonchev–Trinajstić information content (AvgIpc) is 2.78.